The Morgan fingerprint density at radius 2 is 2.23 bits per heavy atom. The number of aryl methyl sites for hydroxylation is 2. The molecule has 3 aromatic rings. The molecule has 1 aliphatic rings. The van der Waals surface area contributed by atoms with Gasteiger partial charge in [0, 0.05) is 30.9 Å². The molecule has 0 bridgehead atoms. The zero-order chi connectivity index (χ0) is 15.1. The second kappa shape index (κ2) is 5.08. The number of anilines is 1. The highest BCUT2D eigenvalue weighted by atomic mass is 16.5. The van der Waals surface area contributed by atoms with E-state index in [-0.39, 0.29) is 0 Å². The number of rotatable bonds is 2. The third-order valence-corrected chi connectivity index (χ3v) is 4.28. The first-order valence-electron chi connectivity index (χ1n) is 7.57. The second-order valence-corrected chi connectivity index (χ2v) is 5.84. The van der Waals surface area contributed by atoms with Crippen LogP contribution in [0.4, 0.5) is 5.82 Å². The van der Waals surface area contributed by atoms with Crippen LogP contribution in [0.25, 0.3) is 11.1 Å². The van der Waals surface area contributed by atoms with E-state index in [1.54, 1.807) is 0 Å². The van der Waals surface area contributed by atoms with Crippen molar-refractivity contribution < 1.29 is 4.52 Å². The molecule has 0 amide bonds. The molecule has 4 rings (SSSR count). The molecule has 4 heterocycles. The number of nitrogens with zero attached hydrogens (tertiary/aromatic N) is 5. The van der Waals surface area contributed by atoms with E-state index in [9.17, 15) is 0 Å². The minimum Gasteiger partial charge on any atom is -0.355 e. The van der Waals surface area contributed by atoms with Gasteiger partial charge in [-0.25, -0.2) is 4.98 Å². The van der Waals surface area contributed by atoms with Gasteiger partial charge in [0.25, 0.3) is 5.71 Å². The highest BCUT2D eigenvalue weighted by molar-refractivity contribution is 5.88. The van der Waals surface area contributed by atoms with Crippen molar-refractivity contribution in [2.75, 3.05) is 18.0 Å². The van der Waals surface area contributed by atoms with E-state index in [0.717, 1.165) is 42.8 Å². The second-order valence-electron chi connectivity index (χ2n) is 5.84. The Bertz CT molecular complexity index is 794. The molecule has 114 valence electrons. The molecule has 1 fully saturated rings. The van der Waals surface area contributed by atoms with Gasteiger partial charge in [-0.05, 0) is 32.8 Å². The van der Waals surface area contributed by atoms with E-state index < -0.39 is 0 Å². The fraction of sp³-hybridized carbons (Fsp3) is 0.467. The molecule has 22 heavy (non-hydrogen) atoms. The Morgan fingerprint density at radius 1 is 1.32 bits per heavy atom. The Morgan fingerprint density at radius 3 is 3.05 bits per heavy atom. The van der Waals surface area contributed by atoms with Gasteiger partial charge in [0.2, 0.25) is 0 Å². The lowest BCUT2D eigenvalue weighted by Crippen LogP contribution is -2.35. The Labute approximate surface area is 127 Å². The topological polar surface area (TPSA) is 83.7 Å². The molecule has 0 radical (unpaired) electrons. The minimum atomic E-state index is 0.446. The lowest BCUT2D eigenvalue weighted by Gasteiger charge is -2.33. The molecule has 0 aliphatic carbocycles. The predicted molar refractivity (Wildman–Crippen MR) is 81.8 cm³/mol. The zero-order valence-corrected chi connectivity index (χ0v) is 12.7. The summed E-state index contributed by atoms with van der Waals surface area (Å²) < 4.78 is 5.32. The monoisotopic (exact) mass is 298 g/mol. The van der Waals surface area contributed by atoms with E-state index in [0.29, 0.717) is 17.5 Å². The summed E-state index contributed by atoms with van der Waals surface area (Å²) in [4.78, 5) is 11.3. The third kappa shape index (κ3) is 2.13. The number of aromatic amines is 1. The first kappa shape index (κ1) is 13.2. The van der Waals surface area contributed by atoms with Crippen LogP contribution in [0.1, 0.15) is 36.0 Å². The summed E-state index contributed by atoms with van der Waals surface area (Å²) in [5.41, 5.74) is 2.60. The first-order valence-corrected chi connectivity index (χ1v) is 7.57. The molecule has 7 nitrogen and oxygen atoms in total. The summed E-state index contributed by atoms with van der Waals surface area (Å²) in [6, 6.07) is 2.06. The molecule has 1 aliphatic heterocycles. The van der Waals surface area contributed by atoms with Crippen molar-refractivity contribution in [3.8, 4) is 0 Å². The summed E-state index contributed by atoms with van der Waals surface area (Å²) in [5, 5.41) is 12.1. The molecular formula is C15H18N6O. The number of hydrogen-bond acceptors (Lipinski definition) is 6. The summed E-state index contributed by atoms with van der Waals surface area (Å²) in [7, 11) is 0. The fourth-order valence-corrected chi connectivity index (χ4v) is 3.22. The maximum atomic E-state index is 5.32. The Balaban J connectivity index is 1.73. The van der Waals surface area contributed by atoms with E-state index in [2.05, 4.69) is 36.3 Å². The summed E-state index contributed by atoms with van der Waals surface area (Å²) in [6.07, 6.45) is 4.10. The van der Waals surface area contributed by atoms with Gasteiger partial charge >= 0.3 is 0 Å². The minimum absolute atomic E-state index is 0.446. The van der Waals surface area contributed by atoms with Crippen molar-refractivity contribution in [2.45, 2.75) is 32.6 Å². The molecule has 0 unspecified atom stereocenters. The summed E-state index contributed by atoms with van der Waals surface area (Å²) >= 11 is 0. The lowest BCUT2D eigenvalue weighted by atomic mass is 9.95. The predicted octanol–water partition coefficient (Wildman–Crippen LogP) is 2.34. The normalized spacial score (nSPS) is 19.0. The zero-order valence-electron chi connectivity index (χ0n) is 12.7. The standard InChI is InChI=1S/C15H18N6O/c1-9-13-14(17-10(2)18-15(13)22-20-9)21-7-3-4-11(8-21)12-5-6-16-19-12/h5-6,11H,3-4,7-8H2,1-2H3,(H,16,19)/t11-/m1/s1. The quantitative estimate of drug-likeness (QED) is 0.781. The smallest absolute Gasteiger partial charge is 0.263 e. The average Bonchev–Trinajstić information content (AvgIpc) is 3.17. The van der Waals surface area contributed by atoms with Crippen LogP contribution < -0.4 is 4.90 Å². The molecule has 0 aromatic carbocycles. The van der Waals surface area contributed by atoms with Gasteiger partial charge in [-0.3, -0.25) is 5.10 Å². The number of nitrogens with one attached hydrogen (secondary N) is 1. The molecule has 1 saturated heterocycles. The molecule has 0 saturated carbocycles. The van der Waals surface area contributed by atoms with Crippen LogP contribution in [0.5, 0.6) is 0 Å². The summed E-state index contributed by atoms with van der Waals surface area (Å²) in [5.74, 6) is 2.09. The molecule has 1 N–H and O–H groups in total. The van der Waals surface area contributed by atoms with Gasteiger partial charge in [0.05, 0.1) is 5.69 Å². The molecule has 0 spiro atoms. The third-order valence-electron chi connectivity index (χ3n) is 4.28. The van der Waals surface area contributed by atoms with Crippen LogP contribution >= 0.6 is 0 Å². The Hall–Kier alpha value is -2.44. The van der Waals surface area contributed by atoms with Crippen molar-refractivity contribution >= 4 is 16.9 Å². The number of fused-ring (bicyclic) bond motifs is 1. The van der Waals surface area contributed by atoms with Crippen LogP contribution in [0.3, 0.4) is 0 Å². The molecule has 1 atom stereocenters. The van der Waals surface area contributed by atoms with Gasteiger partial charge in [0.15, 0.2) is 0 Å². The van der Waals surface area contributed by atoms with Gasteiger partial charge in [-0.15, -0.1) is 0 Å². The van der Waals surface area contributed by atoms with Crippen molar-refractivity contribution in [3.63, 3.8) is 0 Å². The van der Waals surface area contributed by atoms with E-state index in [4.69, 9.17) is 4.52 Å². The van der Waals surface area contributed by atoms with Gasteiger partial charge in [-0.2, -0.15) is 10.1 Å². The first-order chi connectivity index (χ1) is 10.7. The van der Waals surface area contributed by atoms with Crippen LogP contribution in [-0.4, -0.2) is 38.4 Å². The summed E-state index contributed by atoms with van der Waals surface area (Å²) in [6.45, 7) is 5.72. The van der Waals surface area contributed by atoms with Crippen LogP contribution in [0.15, 0.2) is 16.8 Å². The number of H-pyrrole nitrogens is 1. The van der Waals surface area contributed by atoms with Gasteiger partial charge in [0.1, 0.15) is 17.0 Å². The average molecular weight is 298 g/mol. The van der Waals surface area contributed by atoms with Crippen LogP contribution in [-0.2, 0) is 0 Å². The highest BCUT2D eigenvalue weighted by Crippen LogP contribution is 2.32. The van der Waals surface area contributed by atoms with E-state index in [1.807, 2.05) is 20.0 Å². The Kier molecular flexibility index (Phi) is 3.06. The van der Waals surface area contributed by atoms with Crippen LogP contribution in [0.2, 0.25) is 0 Å². The largest absolute Gasteiger partial charge is 0.355 e. The van der Waals surface area contributed by atoms with E-state index in [1.165, 1.54) is 5.69 Å². The molecular weight excluding hydrogens is 280 g/mol. The number of piperidine rings is 1. The molecule has 7 heteroatoms. The van der Waals surface area contributed by atoms with Crippen molar-refractivity contribution in [1.82, 2.24) is 25.3 Å². The van der Waals surface area contributed by atoms with Crippen molar-refractivity contribution in [2.24, 2.45) is 0 Å². The van der Waals surface area contributed by atoms with E-state index >= 15 is 0 Å². The fourth-order valence-electron chi connectivity index (χ4n) is 3.22. The number of aromatic nitrogens is 5. The number of hydrogen-bond donors (Lipinski definition) is 1. The maximum absolute atomic E-state index is 5.32. The SMILES string of the molecule is Cc1nc(N2CCC[C@@H](c3ccn[nH]3)C2)c2c(C)noc2n1. The lowest BCUT2D eigenvalue weighted by molar-refractivity contribution is 0.442. The van der Waals surface area contributed by atoms with Crippen molar-refractivity contribution in [3.05, 3.63) is 29.5 Å². The van der Waals surface area contributed by atoms with Crippen LogP contribution in [0, 0.1) is 13.8 Å². The van der Waals surface area contributed by atoms with Gasteiger partial charge < -0.3 is 9.42 Å². The maximum Gasteiger partial charge on any atom is 0.263 e. The highest BCUT2D eigenvalue weighted by Gasteiger charge is 2.26. The van der Waals surface area contributed by atoms with Gasteiger partial charge in [-0.1, -0.05) is 5.16 Å². The molecule has 3 aromatic heterocycles. The van der Waals surface area contributed by atoms with Crippen molar-refractivity contribution in [1.29, 1.82) is 0 Å².